The lowest BCUT2D eigenvalue weighted by molar-refractivity contribution is -0.120. The van der Waals surface area contributed by atoms with E-state index in [4.69, 9.17) is 11.6 Å². The van der Waals surface area contributed by atoms with Gasteiger partial charge in [0.1, 0.15) is 11.7 Å². The summed E-state index contributed by atoms with van der Waals surface area (Å²) in [5.41, 5.74) is 0.607. The molecule has 0 saturated heterocycles. The Morgan fingerprint density at radius 1 is 1.62 bits per heavy atom. The number of carbonyl (C=O) groups excluding carboxylic acids is 1. The standard InChI is InChI=1S/C8H10ClN3O/c1-2-12-8(13)7(9)6-3-10-5-11-4-6/h3-5,7H,2H2,1H3,(H,12,13). The van der Waals surface area contributed by atoms with Gasteiger partial charge in [-0.3, -0.25) is 4.79 Å². The van der Waals surface area contributed by atoms with Crippen molar-refractivity contribution < 1.29 is 4.79 Å². The molecule has 0 aliphatic heterocycles. The topological polar surface area (TPSA) is 54.9 Å². The summed E-state index contributed by atoms with van der Waals surface area (Å²) in [6.07, 6.45) is 4.45. The molecule has 1 amide bonds. The highest BCUT2D eigenvalue weighted by Gasteiger charge is 2.16. The van der Waals surface area contributed by atoms with Crippen molar-refractivity contribution in [2.45, 2.75) is 12.3 Å². The number of alkyl halides is 1. The number of nitrogens with zero attached hydrogens (tertiary/aromatic N) is 2. The molecule has 13 heavy (non-hydrogen) atoms. The molecule has 1 unspecified atom stereocenters. The molecule has 0 aliphatic rings. The zero-order chi connectivity index (χ0) is 9.68. The summed E-state index contributed by atoms with van der Waals surface area (Å²) in [7, 11) is 0. The van der Waals surface area contributed by atoms with Crippen LogP contribution in [0.2, 0.25) is 0 Å². The van der Waals surface area contributed by atoms with Crippen LogP contribution >= 0.6 is 11.6 Å². The summed E-state index contributed by atoms with van der Waals surface area (Å²) < 4.78 is 0. The first-order valence-corrected chi connectivity index (χ1v) is 4.36. The number of carbonyl (C=O) groups is 1. The number of rotatable bonds is 3. The third kappa shape index (κ3) is 2.66. The van der Waals surface area contributed by atoms with Gasteiger partial charge in [-0.25, -0.2) is 9.97 Å². The number of halogens is 1. The second-order valence-corrected chi connectivity index (χ2v) is 2.87. The third-order valence-electron chi connectivity index (χ3n) is 1.45. The predicted octanol–water partition coefficient (Wildman–Crippen LogP) is 0.893. The molecule has 1 aromatic rings. The lowest BCUT2D eigenvalue weighted by Gasteiger charge is -2.07. The summed E-state index contributed by atoms with van der Waals surface area (Å²) in [6.45, 7) is 2.40. The number of amides is 1. The Hall–Kier alpha value is -1.16. The molecule has 1 N–H and O–H groups in total. The summed E-state index contributed by atoms with van der Waals surface area (Å²) in [5.74, 6) is -0.223. The molecule has 1 atom stereocenters. The van der Waals surface area contributed by atoms with Crippen molar-refractivity contribution in [3.63, 3.8) is 0 Å². The lowest BCUT2D eigenvalue weighted by Crippen LogP contribution is -2.26. The van der Waals surface area contributed by atoms with Gasteiger partial charge in [0.2, 0.25) is 5.91 Å². The summed E-state index contributed by atoms with van der Waals surface area (Å²) in [5, 5.41) is 1.91. The molecule has 1 aromatic heterocycles. The van der Waals surface area contributed by atoms with Crippen LogP contribution in [0.3, 0.4) is 0 Å². The van der Waals surface area contributed by atoms with Crippen LogP contribution in [0.1, 0.15) is 17.9 Å². The maximum atomic E-state index is 11.2. The zero-order valence-electron chi connectivity index (χ0n) is 7.20. The first-order valence-electron chi connectivity index (χ1n) is 3.92. The monoisotopic (exact) mass is 199 g/mol. The van der Waals surface area contributed by atoms with Crippen LogP contribution in [0.5, 0.6) is 0 Å². The Morgan fingerprint density at radius 3 is 2.77 bits per heavy atom. The molecule has 70 valence electrons. The third-order valence-corrected chi connectivity index (χ3v) is 1.90. The SMILES string of the molecule is CCNC(=O)C(Cl)c1cncnc1. The van der Waals surface area contributed by atoms with Crippen LogP contribution in [0.25, 0.3) is 0 Å². The number of nitrogens with one attached hydrogen (secondary N) is 1. The lowest BCUT2D eigenvalue weighted by atomic mass is 10.2. The second-order valence-electron chi connectivity index (χ2n) is 2.43. The van der Waals surface area contributed by atoms with Gasteiger partial charge in [-0.15, -0.1) is 11.6 Å². The molecule has 0 spiro atoms. The van der Waals surface area contributed by atoms with Gasteiger partial charge >= 0.3 is 0 Å². The van der Waals surface area contributed by atoms with Gasteiger partial charge in [0.15, 0.2) is 0 Å². The van der Waals surface area contributed by atoms with E-state index >= 15 is 0 Å². The van der Waals surface area contributed by atoms with Gasteiger partial charge in [-0.1, -0.05) is 0 Å². The highest BCUT2D eigenvalue weighted by Crippen LogP contribution is 2.17. The van der Waals surface area contributed by atoms with Crippen molar-refractivity contribution in [3.05, 3.63) is 24.3 Å². The molecule has 1 heterocycles. The fraction of sp³-hybridized carbons (Fsp3) is 0.375. The van der Waals surface area contributed by atoms with E-state index in [1.165, 1.54) is 18.7 Å². The van der Waals surface area contributed by atoms with Crippen molar-refractivity contribution in [3.8, 4) is 0 Å². The molecule has 0 radical (unpaired) electrons. The second kappa shape index (κ2) is 4.77. The number of aromatic nitrogens is 2. The van der Waals surface area contributed by atoms with E-state index in [0.29, 0.717) is 12.1 Å². The van der Waals surface area contributed by atoms with Crippen molar-refractivity contribution >= 4 is 17.5 Å². The van der Waals surface area contributed by atoms with Crippen molar-refractivity contribution in [2.24, 2.45) is 0 Å². The summed E-state index contributed by atoms with van der Waals surface area (Å²) in [4.78, 5) is 18.8. The first kappa shape index (κ1) is 9.92. The molecule has 0 aromatic carbocycles. The van der Waals surface area contributed by atoms with Crippen molar-refractivity contribution in [1.82, 2.24) is 15.3 Å². The van der Waals surface area contributed by atoms with Crippen LogP contribution in [-0.4, -0.2) is 22.4 Å². The molecule has 5 heteroatoms. The highest BCUT2D eigenvalue weighted by atomic mass is 35.5. The predicted molar refractivity (Wildman–Crippen MR) is 49.3 cm³/mol. The molecule has 1 rings (SSSR count). The van der Waals surface area contributed by atoms with Gasteiger partial charge in [-0.2, -0.15) is 0 Å². The Kier molecular flexibility index (Phi) is 3.64. The molecule has 0 fully saturated rings. The number of hydrogen-bond donors (Lipinski definition) is 1. The normalized spacial score (nSPS) is 12.2. The smallest absolute Gasteiger partial charge is 0.242 e. The summed E-state index contributed by atoms with van der Waals surface area (Å²) >= 11 is 5.84. The average molecular weight is 200 g/mol. The average Bonchev–Trinajstić information content (AvgIpc) is 2.18. The Bertz CT molecular complexity index is 278. The molecule has 0 aliphatic carbocycles. The van der Waals surface area contributed by atoms with E-state index in [9.17, 15) is 4.79 Å². The fourth-order valence-electron chi connectivity index (χ4n) is 0.857. The van der Waals surface area contributed by atoms with Gasteiger partial charge in [0, 0.05) is 24.5 Å². The molecule has 0 saturated carbocycles. The van der Waals surface area contributed by atoms with Crippen molar-refractivity contribution in [2.75, 3.05) is 6.54 Å². The largest absolute Gasteiger partial charge is 0.355 e. The van der Waals surface area contributed by atoms with Gasteiger partial charge in [-0.05, 0) is 6.92 Å². The van der Waals surface area contributed by atoms with Crippen LogP contribution in [0.15, 0.2) is 18.7 Å². The summed E-state index contributed by atoms with van der Waals surface area (Å²) in [6, 6.07) is 0. The molecule has 4 nitrogen and oxygen atoms in total. The van der Waals surface area contributed by atoms with Crippen LogP contribution < -0.4 is 5.32 Å². The van der Waals surface area contributed by atoms with Gasteiger partial charge in [0.05, 0.1) is 0 Å². The Labute approximate surface area is 81.3 Å². The van der Waals surface area contributed by atoms with Crippen molar-refractivity contribution in [1.29, 1.82) is 0 Å². The van der Waals surface area contributed by atoms with E-state index in [1.54, 1.807) is 0 Å². The zero-order valence-corrected chi connectivity index (χ0v) is 7.95. The number of likely N-dealkylation sites (N-methyl/N-ethyl adjacent to an activating group) is 1. The van der Waals surface area contributed by atoms with Crippen LogP contribution in [0.4, 0.5) is 0 Å². The first-order chi connectivity index (χ1) is 6.25. The Balaban J connectivity index is 2.68. The number of hydrogen-bond acceptors (Lipinski definition) is 3. The van der Waals surface area contributed by atoms with Gasteiger partial charge < -0.3 is 5.32 Å². The maximum absolute atomic E-state index is 11.2. The van der Waals surface area contributed by atoms with E-state index in [0.717, 1.165) is 0 Å². The minimum Gasteiger partial charge on any atom is -0.355 e. The van der Waals surface area contributed by atoms with E-state index in [2.05, 4.69) is 15.3 Å². The van der Waals surface area contributed by atoms with Crippen LogP contribution in [0, 0.1) is 0 Å². The highest BCUT2D eigenvalue weighted by molar-refractivity contribution is 6.30. The van der Waals surface area contributed by atoms with E-state index in [1.807, 2.05) is 6.92 Å². The quantitative estimate of drug-likeness (QED) is 0.736. The van der Waals surface area contributed by atoms with E-state index in [-0.39, 0.29) is 5.91 Å². The molecular weight excluding hydrogens is 190 g/mol. The van der Waals surface area contributed by atoms with Gasteiger partial charge in [0.25, 0.3) is 0 Å². The molecule has 0 bridgehead atoms. The minimum atomic E-state index is -0.707. The fourth-order valence-corrected chi connectivity index (χ4v) is 1.05. The van der Waals surface area contributed by atoms with E-state index < -0.39 is 5.38 Å². The van der Waals surface area contributed by atoms with Crippen LogP contribution in [-0.2, 0) is 4.79 Å². The maximum Gasteiger partial charge on any atom is 0.242 e. The molecular formula is C8H10ClN3O. The minimum absolute atomic E-state index is 0.223. The Morgan fingerprint density at radius 2 is 2.23 bits per heavy atom.